The number of aromatic nitrogens is 4. The summed E-state index contributed by atoms with van der Waals surface area (Å²) in [4.78, 5) is 57.9. The quantitative estimate of drug-likeness (QED) is 0.172. The third-order valence-electron chi connectivity index (χ3n) is 6.57. The van der Waals surface area contributed by atoms with Crippen LogP contribution in [0.25, 0.3) is 11.2 Å². The SMILES string of the molecule is COC(=O)[C@H](N)Cc1ccc(OP2(=O)OC[C@H]3O[C@@H](n4cnc5c(=O)[nH]c(N)nc54)C(OC(=O)CCC(=O)O)[C@@H]3O2)cc1. The first kappa shape index (κ1) is 30.1. The number of esters is 2. The van der Waals surface area contributed by atoms with Crippen molar-refractivity contribution < 1.29 is 51.8 Å². The Morgan fingerprint density at radius 2 is 2.00 bits per heavy atom. The van der Waals surface area contributed by atoms with Gasteiger partial charge in [-0.3, -0.25) is 37.8 Å². The number of carbonyl (C=O) groups excluding carboxylic acids is 2. The number of carbonyl (C=O) groups is 3. The molecule has 0 radical (unpaired) electrons. The molecular weight excluding hydrogens is 595 g/mol. The minimum Gasteiger partial charge on any atom is -0.481 e. The summed E-state index contributed by atoms with van der Waals surface area (Å²) in [5.41, 5.74) is 11.5. The van der Waals surface area contributed by atoms with Crippen LogP contribution in [0.2, 0.25) is 0 Å². The van der Waals surface area contributed by atoms with Crippen LogP contribution in [0.3, 0.4) is 0 Å². The second kappa shape index (κ2) is 12.1. The maximum atomic E-state index is 13.6. The molecule has 6 N–H and O–H groups in total. The van der Waals surface area contributed by atoms with E-state index >= 15 is 0 Å². The maximum absolute atomic E-state index is 13.6. The van der Waals surface area contributed by atoms with Gasteiger partial charge >= 0.3 is 25.7 Å². The lowest BCUT2D eigenvalue weighted by atomic mass is 10.1. The fourth-order valence-corrected chi connectivity index (χ4v) is 5.98. The third kappa shape index (κ3) is 6.52. The molecule has 6 atom stereocenters. The van der Waals surface area contributed by atoms with Crippen molar-refractivity contribution in [3.05, 3.63) is 46.5 Å². The van der Waals surface area contributed by atoms with E-state index in [1.54, 1.807) is 12.1 Å². The number of ether oxygens (including phenoxy) is 3. The zero-order valence-electron chi connectivity index (χ0n) is 22.5. The number of H-pyrrole nitrogens is 1. The minimum atomic E-state index is -4.33. The molecule has 2 fully saturated rings. The topological polar surface area (TPSA) is 260 Å². The van der Waals surface area contributed by atoms with E-state index in [2.05, 4.69) is 19.7 Å². The second-order valence-electron chi connectivity index (χ2n) is 9.57. The molecule has 5 rings (SSSR count). The van der Waals surface area contributed by atoms with Crippen molar-refractivity contribution >= 4 is 42.8 Å². The van der Waals surface area contributed by atoms with Gasteiger partial charge in [-0.1, -0.05) is 12.1 Å². The Morgan fingerprint density at radius 3 is 2.70 bits per heavy atom. The van der Waals surface area contributed by atoms with Crippen LogP contribution in [0.4, 0.5) is 5.95 Å². The first-order valence-corrected chi connectivity index (χ1v) is 14.3. The van der Waals surface area contributed by atoms with Crippen LogP contribution in [-0.2, 0) is 48.6 Å². The number of nitrogens with one attached hydrogen (secondary N) is 1. The number of fused-ring (bicyclic) bond motifs is 2. The van der Waals surface area contributed by atoms with Crippen LogP contribution >= 0.6 is 7.82 Å². The van der Waals surface area contributed by atoms with Gasteiger partial charge in [0, 0.05) is 0 Å². The second-order valence-corrected chi connectivity index (χ2v) is 11.1. The predicted molar refractivity (Wildman–Crippen MR) is 142 cm³/mol. The number of hydrogen-bond donors (Lipinski definition) is 4. The number of aromatic amines is 1. The summed E-state index contributed by atoms with van der Waals surface area (Å²) in [6.07, 6.45) is -4.26. The highest BCUT2D eigenvalue weighted by Gasteiger charge is 2.56. The van der Waals surface area contributed by atoms with Crippen LogP contribution in [0, 0.1) is 0 Å². The largest absolute Gasteiger partial charge is 0.530 e. The minimum absolute atomic E-state index is 0.00356. The van der Waals surface area contributed by atoms with Crippen molar-refractivity contribution in [3.8, 4) is 5.75 Å². The number of aliphatic carboxylic acids is 1. The van der Waals surface area contributed by atoms with E-state index in [1.165, 1.54) is 30.1 Å². The number of nitrogens with two attached hydrogens (primary N) is 2. The molecule has 2 unspecified atom stereocenters. The fourth-order valence-electron chi connectivity index (χ4n) is 4.56. The molecule has 2 saturated heterocycles. The molecule has 0 bridgehead atoms. The van der Waals surface area contributed by atoms with Crippen molar-refractivity contribution in [3.63, 3.8) is 0 Å². The number of hydrogen-bond acceptors (Lipinski definition) is 15. The molecule has 4 heterocycles. The van der Waals surface area contributed by atoms with Crippen molar-refractivity contribution in [2.24, 2.45) is 5.73 Å². The number of imidazole rings is 1. The first-order valence-electron chi connectivity index (χ1n) is 12.8. The van der Waals surface area contributed by atoms with E-state index in [-0.39, 0.29) is 35.9 Å². The molecule has 2 aliphatic heterocycles. The monoisotopic (exact) mass is 622 g/mol. The van der Waals surface area contributed by atoms with Crippen molar-refractivity contribution in [1.29, 1.82) is 0 Å². The lowest BCUT2D eigenvalue weighted by molar-refractivity contribution is -0.160. The Balaban J connectivity index is 1.38. The number of rotatable bonds is 10. The average molecular weight is 622 g/mol. The van der Waals surface area contributed by atoms with Crippen LogP contribution in [0.15, 0.2) is 35.4 Å². The number of nitrogen functional groups attached to an aromatic ring is 1. The number of methoxy groups -OCH3 is 1. The number of nitrogens with zero attached hydrogens (tertiary/aromatic N) is 3. The zero-order chi connectivity index (χ0) is 30.9. The molecule has 3 aromatic rings. The lowest BCUT2D eigenvalue weighted by Crippen LogP contribution is -2.42. The average Bonchev–Trinajstić information content (AvgIpc) is 3.53. The first-order chi connectivity index (χ1) is 20.5. The van der Waals surface area contributed by atoms with Gasteiger partial charge in [0.25, 0.3) is 5.56 Å². The van der Waals surface area contributed by atoms with Gasteiger partial charge in [-0.25, -0.2) is 9.55 Å². The highest BCUT2D eigenvalue weighted by molar-refractivity contribution is 7.49. The van der Waals surface area contributed by atoms with Crippen LogP contribution in [-0.4, -0.2) is 80.6 Å². The highest BCUT2D eigenvalue weighted by atomic mass is 31.2. The summed E-state index contributed by atoms with van der Waals surface area (Å²) < 4.78 is 47.8. The number of phosphoric acid groups is 1. The zero-order valence-corrected chi connectivity index (χ0v) is 23.4. The van der Waals surface area contributed by atoms with E-state index in [9.17, 15) is 23.7 Å². The summed E-state index contributed by atoms with van der Waals surface area (Å²) in [7, 11) is -3.10. The molecule has 0 amide bonds. The van der Waals surface area contributed by atoms with Gasteiger partial charge < -0.3 is 35.3 Å². The summed E-state index contributed by atoms with van der Waals surface area (Å²) in [5.74, 6) is -2.80. The van der Waals surface area contributed by atoms with Gasteiger partial charge in [0.15, 0.2) is 23.5 Å². The van der Waals surface area contributed by atoms with Crippen LogP contribution < -0.4 is 21.6 Å². The molecule has 230 valence electrons. The van der Waals surface area contributed by atoms with Gasteiger partial charge in [-0.05, 0) is 24.1 Å². The molecule has 1 aromatic carbocycles. The Hall–Kier alpha value is -4.35. The van der Waals surface area contributed by atoms with Crippen molar-refractivity contribution in [2.75, 3.05) is 19.5 Å². The molecule has 2 aliphatic rings. The van der Waals surface area contributed by atoms with Gasteiger partial charge in [0.1, 0.15) is 24.0 Å². The summed E-state index contributed by atoms with van der Waals surface area (Å²) in [5, 5.41) is 8.97. The van der Waals surface area contributed by atoms with E-state index in [0.717, 1.165) is 0 Å². The van der Waals surface area contributed by atoms with Gasteiger partial charge in [-0.15, -0.1) is 0 Å². The summed E-state index contributed by atoms with van der Waals surface area (Å²) in [6, 6.07) is 5.27. The standard InChI is InChI=1S/C24H27N6O12P/c1-37-23(35)13(25)8-11-2-4-12(5-3-11)41-43(36)38-9-14-18(42-43)19(40-16(33)7-6-15(31)32)22(39-14)30-10-27-17-20(30)28-24(26)29-21(17)34/h2-5,10,13-14,18-19,22H,6-9,25H2,1H3,(H,31,32)(H3,26,28,29,34)/t13-,14-,18-,19?,22-,43?/m1/s1. The Bertz CT molecular complexity index is 1640. The molecule has 18 nitrogen and oxygen atoms in total. The number of carboxylic acid groups (broad SMARTS) is 1. The van der Waals surface area contributed by atoms with Crippen LogP contribution in [0.5, 0.6) is 5.75 Å². The molecule has 0 aliphatic carbocycles. The Morgan fingerprint density at radius 1 is 1.26 bits per heavy atom. The van der Waals surface area contributed by atoms with Gasteiger partial charge in [0.2, 0.25) is 5.95 Å². The lowest BCUT2D eigenvalue weighted by Gasteiger charge is -2.31. The maximum Gasteiger partial charge on any atom is 0.530 e. The normalized spacial score (nSPS) is 25.5. The third-order valence-corrected chi connectivity index (χ3v) is 7.97. The van der Waals surface area contributed by atoms with Crippen LogP contribution in [0.1, 0.15) is 24.6 Å². The fraction of sp³-hybridized carbons (Fsp3) is 0.417. The highest BCUT2D eigenvalue weighted by Crippen LogP contribution is 2.57. The Labute approximate surface area is 241 Å². The van der Waals surface area contributed by atoms with E-state index in [0.29, 0.717) is 5.56 Å². The van der Waals surface area contributed by atoms with E-state index in [1.807, 2.05) is 0 Å². The van der Waals surface area contributed by atoms with Gasteiger partial charge in [0.05, 0.1) is 32.9 Å². The molecule has 0 saturated carbocycles. The summed E-state index contributed by atoms with van der Waals surface area (Å²) >= 11 is 0. The van der Waals surface area contributed by atoms with E-state index in [4.69, 9.17) is 39.6 Å². The van der Waals surface area contributed by atoms with E-state index < -0.39 is 74.7 Å². The van der Waals surface area contributed by atoms with Crippen molar-refractivity contribution in [1.82, 2.24) is 19.5 Å². The number of benzene rings is 1. The van der Waals surface area contributed by atoms with Crippen molar-refractivity contribution in [2.45, 2.75) is 49.8 Å². The number of phosphoric ester groups is 1. The predicted octanol–water partition coefficient (Wildman–Crippen LogP) is 0.0211. The molecule has 19 heteroatoms. The summed E-state index contributed by atoms with van der Waals surface area (Å²) in [6.45, 7) is -0.309. The smallest absolute Gasteiger partial charge is 0.481 e. The molecule has 2 aromatic heterocycles. The molecule has 0 spiro atoms. The van der Waals surface area contributed by atoms with Gasteiger partial charge in [-0.2, -0.15) is 4.98 Å². The molecule has 43 heavy (non-hydrogen) atoms. The molecular formula is C24H27N6O12P. The number of anilines is 1. The Kier molecular flexibility index (Phi) is 8.48. The number of carboxylic acids is 1.